The molecular weight excluding hydrogens is 382 g/mol. The molecule has 6 heteroatoms. The topological polar surface area (TPSA) is 88.6 Å². The summed E-state index contributed by atoms with van der Waals surface area (Å²) in [5.41, 5.74) is 4.59. The Morgan fingerprint density at radius 3 is 2.57 bits per heavy atom. The largest absolute Gasteiger partial charge is 0.496 e. The number of aryl methyl sites for hydroxylation is 1. The Balaban J connectivity index is 2.06. The van der Waals surface area contributed by atoms with Gasteiger partial charge < -0.3 is 19.6 Å². The third-order valence-corrected chi connectivity index (χ3v) is 5.39. The molecule has 0 spiro atoms. The van der Waals surface area contributed by atoms with Gasteiger partial charge >= 0.3 is 11.9 Å². The molecule has 0 saturated heterocycles. The average Bonchev–Trinajstić information content (AvgIpc) is 3.18. The molecule has 1 atom stereocenters. The van der Waals surface area contributed by atoms with E-state index in [0.29, 0.717) is 17.7 Å². The lowest BCUT2D eigenvalue weighted by Crippen LogP contribution is -2.06. The van der Waals surface area contributed by atoms with E-state index in [1.54, 1.807) is 19.2 Å². The van der Waals surface area contributed by atoms with Crippen molar-refractivity contribution in [1.82, 2.24) is 4.98 Å². The number of methoxy groups -OCH3 is 2. The van der Waals surface area contributed by atoms with Crippen LogP contribution in [-0.2, 0) is 16.0 Å². The van der Waals surface area contributed by atoms with Gasteiger partial charge in [0, 0.05) is 35.0 Å². The van der Waals surface area contributed by atoms with E-state index in [1.165, 1.54) is 7.11 Å². The number of aromatic nitrogens is 1. The normalized spacial score (nSPS) is 12.0. The predicted molar refractivity (Wildman–Crippen MR) is 115 cm³/mol. The number of hydrogen-bond donors (Lipinski definition) is 2. The van der Waals surface area contributed by atoms with Crippen LogP contribution in [-0.4, -0.2) is 36.2 Å². The Morgan fingerprint density at radius 2 is 1.90 bits per heavy atom. The molecule has 3 rings (SSSR count). The number of nitrogens with one attached hydrogen (secondary N) is 1. The van der Waals surface area contributed by atoms with Gasteiger partial charge in [-0.05, 0) is 48.2 Å². The van der Waals surface area contributed by atoms with Crippen LogP contribution >= 0.6 is 0 Å². The summed E-state index contributed by atoms with van der Waals surface area (Å²) in [4.78, 5) is 26.2. The van der Waals surface area contributed by atoms with E-state index >= 15 is 0 Å². The van der Waals surface area contributed by atoms with Crippen molar-refractivity contribution in [2.75, 3.05) is 14.2 Å². The smallest absolute Gasteiger partial charge is 0.337 e. The van der Waals surface area contributed by atoms with Crippen molar-refractivity contribution in [2.24, 2.45) is 0 Å². The Kier molecular flexibility index (Phi) is 6.77. The van der Waals surface area contributed by atoms with Crippen LogP contribution in [0.25, 0.3) is 10.9 Å². The lowest BCUT2D eigenvalue weighted by Gasteiger charge is -2.20. The van der Waals surface area contributed by atoms with Crippen molar-refractivity contribution in [1.29, 1.82) is 0 Å². The second-order valence-electron chi connectivity index (χ2n) is 7.31. The molecule has 0 aliphatic heterocycles. The minimum atomic E-state index is -0.802. The first kappa shape index (κ1) is 21.4. The number of carboxylic acids is 1. The summed E-state index contributed by atoms with van der Waals surface area (Å²) in [7, 11) is 2.96. The van der Waals surface area contributed by atoms with E-state index in [4.69, 9.17) is 14.6 Å². The van der Waals surface area contributed by atoms with Crippen molar-refractivity contribution in [3.05, 3.63) is 64.8 Å². The molecule has 1 heterocycles. The van der Waals surface area contributed by atoms with Crippen molar-refractivity contribution in [3.8, 4) is 5.75 Å². The van der Waals surface area contributed by atoms with Crippen LogP contribution in [0, 0.1) is 0 Å². The van der Waals surface area contributed by atoms with Crippen molar-refractivity contribution in [3.63, 3.8) is 0 Å². The van der Waals surface area contributed by atoms with Gasteiger partial charge in [0.2, 0.25) is 0 Å². The first-order chi connectivity index (χ1) is 14.5. The third-order valence-electron chi connectivity index (χ3n) is 5.39. The third kappa shape index (κ3) is 4.48. The van der Waals surface area contributed by atoms with Gasteiger partial charge in [0.1, 0.15) is 5.75 Å². The molecule has 3 aromatic rings. The van der Waals surface area contributed by atoms with E-state index in [-0.39, 0.29) is 12.3 Å². The number of aliphatic carboxylic acids is 1. The Bertz CT molecular complexity index is 1050. The maximum absolute atomic E-state index is 11.9. The Morgan fingerprint density at radius 1 is 1.10 bits per heavy atom. The number of hydrogen-bond acceptors (Lipinski definition) is 4. The number of benzene rings is 2. The minimum absolute atomic E-state index is 0.0696. The van der Waals surface area contributed by atoms with E-state index < -0.39 is 11.9 Å². The SMILES string of the molecule is CCCC(c1ccc(C(=O)OC)cc1OC)c1c[nH]c2ccc(CCC(=O)O)cc12. The predicted octanol–water partition coefficient (Wildman–Crippen LogP) is 4.91. The molecule has 158 valence electrons. The van der Waals surface area contributed by atoms with E-state index in [2.05, 4.69) is 18.0 Å². The fourth-order valence-corrected chi connectivity index (χ4v) is 3.90. The van der Waals surface area contributed by atoms with Crippen molar-refractivity contribution >= 4 is 22.8 Å². The fraction of sp³-hybridized carbons (Fsp3) is 0.333. The van der Waals surface area contributed by atoms with Gasteiger partial charge in [0.25, 0.3) is 0 Å². The molecule has 0 fully saturated rings. The highest BCUT2D eigenvalue weighted by molar-refractivity contribution is 5.90. The Labute approximate surface area is 175 Å². The van der Waals surface area contributed by atoms with E-state index in [1.807, 2.05) is 24.4 Å². The number of carbonyl (C=O) groups excluding carboxylic acids is 1. The zero-order chi connectivity index (χ0) is 21.7. The highest BCUT2D eigenvalue weighted by Crippen LogP contribution is 2.39. The quantitative estimate of drug-likeness (QED) is 0.490. The second kappa shape index (κ2) is 9.48. The maximum atomic E-state index is 11.9. The lowest BCUT2D eigenvalue weighted by molar-refractivity contribution is -0.136. The molecule has 0 aliphatic rings. The standard InChI is InChI=1S/C24H27NO5/c1-4-5-17(18-9-8-16(24(28)30-3)13-22(18)29-2)20-14-25-21-10-6-15(12-19(20)21)7-11-23(26)27/h6,8-10,12-14,17,25H,4-5,7,11H2,1-3H3,(H,26,27). The lowest BCUT2D eigenvalue weighted by atomic mass is 9.86. The second-order valence-corrected chi connectivity index (χ2v) is 7.31. The number of ether oxygens (including phenoxy) is 2. The molecule has 0 aliphatic carbocycles. The monoisotopic (exact) mass is 409 g/mol. The van der Waals surface area contributed by atoms with E-state index in [0.717, 1.165) is 40.4 Å². The summed E-state index contributed by atoms with van der Waals surface area (Å²) in [6.45, 7) is 2.13. The number of H-pyrrole nitrogens is 1. The fourth-order valence-electron chi connectivity index (χ4n) is 3.90. The summed E-state index contributed by atoms with van der Waals surface area (Å²) in [6, 6.07) is 11.4. The van der Waals surface area contributed by atoms with Gasteiger partial charge in [0.05, 0.1) is 19.8 Å². The van der Waals surface area contributed by atoms with Gasteiger partial charge in [-0.1, -0.05) is 25.5 Å². The van der Waals surface area contributed by atoms with Gasteiger partial charge in [-0.2, -0.15) is 0 Å². The number of carbonyl (C=O) groups is 2. The molecule has 1 unspecified atom stereocenters. The molecule has 6 nitrogen and oxygen atoms in total. The van der Waals surface area contributed by atoms with E-state index in [9.17, 15) is 9.59 Å². The van der Waals surface area contributed by atoms with Crippen LogP contribution in [0.5, 0.6) is 5.75 Å². The summed E-state index contributed by atoms with van der Waals surface area (Å²) >= 11 is 0. The molecule has 30 heavy (non-hydrogen) atoms. The number of carboxylic acid groups (broad SMARTS) is 1. The van der Waals surface area contributed by atoms with Crippen molar-refractivity contribution in [2.45, 2.75) is 38.5 Å². The maximum Gasteiger partial charge on any atom is 0.337 e. The van der Waals surface area contributed by atoms with Crippen LogP contribution in [0.1, 0.15) is 59.2 Å². The van der Waals surface area contributed by atoms with Crippen LogP contribution < -0.4 is 4.74 Å². The number of rotatable bonds is 9. The zero-order valence-corrected chi connectivity index (χ0v) is 17.5. The van der Waals surface area contributed by atoms with Crippen LogP contribution in [0.3, 0.4) is 0 Å². The van der Waals surface area contributed by atoms with Crippen LogP contribution in [0.2, 0.25) is 0 Å². The molecule has 2 aromatic carbocycles. The summed E-state index contributed by atoms with van der Waals surface area (Å²) in [5.74, 6) is -0.487. The highest BCUT2D eigenvalue weighted by Gasteiger charge is 2.22. The van der Waals surface area contributed by atoms with Crippen LogP contribution in [0.4, 0.5) is 0 Å². The zero-order valence-electron chi connectivity index (χ0n) is 17.5. The summed E-state index contributed by atoms with van der Waals surface area (Å²) in [6.07, 6.45) is 4.48. The number of esters is 1. The molecule has 0 radical (unpaired) electrons. The first-order valence-electron chi connectivity index (χ1n) is 10.1. The number of aromatic amines is 1. The number of fused-ring (bicyclic) bond motifs is 1. The van der Waals surface area contributed by atoms with Gasteiger partial charge in [-0.25, -0.2) is 4.79 Å². The minimum Gasteiger partial charge on any atom is -0.496 e. The highest BCUT2D eigenvalue weighted by atomic mass is 16.5. The van der Waals surface area contributed by atoms with Crippen LogP contribution in [0.15, 0.2) is 42.6 Å². The summed E-state index contributed by atoms with van der Waals surface area (Å²) < 4.78 is 10.4. The first-order valence-corrected chi connectivity index (χ1v) is 10.1. The molecule has 0 bridgehead atoms. The van der Waals surface area contributed by atoms with Gasteiger partial charge in [0.15, 0.2) is 0 Å². The van der Waals surface area contributed by atoms with Gasteiger partial charge in [-0.3, -0.25) is 4.79 Å². The Hall–Kier alpha value is -3.28. The average molecular weight is 409 g/mol. The van der Waals surface area contributed by atoms with Gasteiger partial charge in [-0.15, -0.1) is 0 Å². The molecule has 0 amide bonds. The van der Waals surface area contributed by atoms with Crippen molar-refractivity contribution < 1.29 is 24.2 Å². The summed E-state index contributed by atoms with van der Waals surface area (Å²) in [5, 5.41) is 10.1. The molecule has 2 N–H and O–H groups in total. The molecular formula is C24H27NO5. The molecule has 1 aromatic heterocycles. The molecule has 0 saturated carbocycles.